The SMILES string of the molecule is O=C(OCc1cccc(Cl)c1)c1cccnc1. The van der Waals surface area contributed by atoms with Gasteiger partial charge in [0.25, 0.3) is 0 Å². The Labute approximate surface area is 104 Å². The van der Waals surface area contributed by atoms with Gasteiger partial charge in [0.05, 0.1) is 5.56 Å². The van der Waals surface area contributed by atoms with Gasteiger partial charge in [0.1, 0.15) is 6.61 Å². The standard InChI is InChI=1S/C13H10ClNO2/c14-12-5-1-3-10(7-12)9-17-13(16)11-4-2-6-15-8-11/h1-8H,9H2. The topological polar surface area (TPSA) is 39.2 Å². The lowest BCUT2D eigenvalue weighted by molar-refractivity contribution is 0.0472. The number of hydrogen-bond acceptors (Lipinski definition) is 3. The van der Waals surface area contributed by atoms with Gasteiger partial charge in [-0.2, -0.15) is 0 Å². The van der Waals surface area contributed by atoms with Crippen LogP contribution in [0, 0.1) is 0 Å². The highest BCUT2D eigenvalue weighted by Gasteiger charge is 2.06. The first-order valence-corrected chi connectivity index (χ1v) is 5.45. The summed E-state index contributed by atoms with van der Waals surface area (Å²) in [4.78, 5) is 15.5. The first-order chi connectivity index (χ1) is 8.25. The third-order valence-corrected chi connectivity index (χ3v) is 2.39. The summed E-state index contributed by atoms with van der Waals surface area (Å²) in [7, 11) is 0. The summed E-state index contributed by atoms with van der Waals surface area (Å²) in [5, 5.41) is 0.625. The van der Waals surface area contributed by atoms with Gasteiger partial charge in [0.2, 0.25) is 0 Å². The molecule has 0 atom stereocenters. The molecular formula is C13H10ClNO2. The zero-order valence-corrected chi connectivity index (χ0v) is 9.72. The van der Waals surface area contributed by atoms with E-state index in [1.807, 2.05) is 12.1 Å². The van der Waals surface area contributed by atoms with Crippen LogP contribution in [0.3, 0.4) is 0 Å². The first-order valence-electron chi connectivity index (χ1n) is 5.07. The number of ether oxygens (including phenoxy) is 1. The Kier molecular flexibility index (Phi) is 3.73. The van der Waals surface area contributed by atoms with Crippen molar-refractivity contribution in [2.75, 3.05) is 0 Å². The van der Waals surface area contributed by atoms with Crippen LogP contribution in [-0.2, 0) is 11.3 Å². The van der Waals surface area contributed by atoms with Crippen LogP contribution in [0.1, 0.15) is 15.9 Å². The van der Waals surface area contributed by atoms with E-state index in [1.165, 1.54) is 6.20 Å². The monoisotopic (exact) mass is 247 g/mol. The van der Waals surface area contributed by atoms with E-state index in [4.69, 9.17) is 16.3 Å². The van der Waals surface area contributed by atoms with Gasteiger partial charge in [-0.15, -0.1) is 0 Å². The molecular weight excluding hydrogens is 238 g/mol. The van der Waals surface area contributed by atoms with Crippen LogP contribution in [-0.4, -0.2) is 11.0 Å². The van der Waals surface area contributed by atoms with Crippen LogP contribution < -0.4 is 0 Å². The highest BCUT2D eigenvalue weighted by molar-refractivity contribution is 6.30. The largest absolute Gasteiger partial charge is 0.457 e. The molecule has 2 rings (SSSR count). The summed E-state index contributed by atoms with van der Waals surface area (Å²) in [6.45, 7) is 0.203. The van der Waals surface area contributed by atoms with Gasteiger partial charge in [-0.25, -0.2) is 4.79 Å². The number of carbonyl (C=O) groups is 1. The van der Waals surface area contributed by atoms with E-state index in [9.17, 15) is 4.79 Å². The third kappa shape index (κ3) is 3.29. The third-order valence-electron chi connectivity index (χ3n) is 2.16. The minimum Gasteiger partial charge on any atom is -0.457 e. The van der Waals surface area contributed by atoms with Gasteiger partial charge >= 0.3 is 5.97 Å². The highest BCUT2D eigenvalue weighted by atomic mass is 35.5. The van der Waals surface area contributed by atoms with Gasteiger partial charge in [-0.1, -0.05) is 23.7 Å². The molecule has 0 radical (unpaired) electrons. The van der Waals surface area contributed by atoms with E-state index in [-0.39, 0.29) is 6.61 Å². The molecule has 0 unspecified atom stereocenters. The van der Waals surface area contributed by atoms with Gasteiger partial charge in [0.15, 0.2) is 0 Å². The Bertz CT molecular complexity index is 514. The summed E-state index contributed by atoms with van der Waals surface area (Å²) in [5.74, 6) is -0.391. The zero-order chi connectivity index (χ0) is 12.1. The summed E-state index contributed by atoms with van der Waals surface area (Å²) in [6.07, 6.45) is 3.08. The fourth-order valence-corrected chi connectivity index (χ4v) is 1.56. The van der Waals surface area contributed by atoms with E-state index >= 15 is 0 Å². The molecule has 1 aromatic heterocycles. The molecule has 0 aliphatic carbocycles. The van der Waals surface area contributed by atoms with E-state index in [1.54, 1.807) is 30.5 Å². The molecule has 3 nitrogen and oxygen atoms in total. The average Bonchev–Trinajstić information content (AvgIpc) is 2.37. The molecule has 0 aliphatic rings. The smallest absolute Gasteiger partial charge is 0.340 e. The number of esters is 1. The second kappa shape index (κ2) is 5.46. The lowest BCUT2D eigenvalue weighted by Crippen LogP contribution is -2.05. The number of benzene rings is 1. The van der Waals surface area contributed by atoms with Crippen LogP contribution in [0.2, 0.25) is 5.02 Å². The molecule has 4 heteroatoms. The van der Waals surface area contributed by atoms with Gasteiger partial charge in [-0.05, 0) is 29.8 Å². The summed E-state index contributed by atoms with van der Waals surface area (Å²) in [5.41, 5.74) is 1.30. The normalized spacial score (nSPS) is 9.94. The minimum absolute atomic E-state index is 0.203. The van der Waals surface area contributed by atoms with Gasteiger partial charge in [-0.3, -0.25) is 4.98 Å². The Morgan fingerprint density at radius 1 is 1.29 bits per heavy atom. The Balaban J connectivity index is 1.97. The fraction of sp³-hybridized carbons (Fsp3) is 0.0769. The molecule has 1 aromatic carbocycles. The average molecular weight is 248 g/mol. The number of carbonyl (C=O) groups excluding carboxylic acids is 1. The lowest BCUT2D eigenvalue weighted by atomic mass is 10.2. The van der Waals surface area contributed by atoms with E-state index in [0.29, 0.717) is 10.6 Å². The predicted octanol–water partition coefficient (Wildman–Crippen LogP) is 3.09. The lowest BCUT2D eigenvalue weighted by Gasteiger charge is -2.04. The Morgan fingerprint density at radius 2 is 2.18 bits per heavy atom. The maximum atomic E-state index is 11.6. The van der Waals surface area contributed by atoms with Crippen molar-refractivity contribution < 1.29 is 9.53 Å². The second-order valence-corrected chi connectivity index (χ2v) is 3.88. The Hall–Kier alpha value is -1.87. The second-order valence-electron chi connectivity index (χ2n) is 3.45. The van der Waals surface area contributed by atoms with Gasteiger partial charge in [0, 0.05) is 17.4 Å². The summed E-state index contributed by atoms with van der Waals surface area (Å²) in [6, 6.07) is 10.5. The van der Waals surface area contributed by atoms with E-state index in [0.717, 1.165) is 5.56 Å². The summed E-state index contributed by atoms with van der Waals surface area (Å²) < 4.78 is 5.13. The van der Waals surface area contributed by atoms with Crippen molar-refractivity contribution in [1.29, 1.82) is 0 Å². The molecule has 0 aliphatic heterocycles. The number of pyridine rings is 1. The molecule has 0 saturated heterocycles. The molecule has 86 valence electrons. The molecule has 0 spiro atoms. The number of nitrogens with zero attached hydrogens (tertiary/aromatic N) is 1. The number of aromatic nitrogens is 1. The predicted molar refractivity (Wildman–Crippen MR) is 64.8 cm³/mol. The zero-order valence-electron chi connectivity index (χ0n) is 8.97. The van der Waals surface area contributed by atoms with Crippen LogP contribution in [0.25, 0.3) is 0 Å². The first kappa shape index (κ1) is 11.6. The van der Waals surface area contributed by atoms with Crippen molar-refractivity contribution in [2.24, 2.45) is 0 Å². The van der Waals surface area contributed by atoms with E-state index in [2.05, 4.69) is 4.98 Å². The molecule has 17 heavy (non-hydrogen) atoms. The van der Waals surface area contributed by atoms with Gasteiger partial charge < -0.3 is 4.74 Å². The van der Waals surface area contributed by atoms with Crippen molar-refractivity contribution in [1.82, 2.24) is 4.98 Å². The number of hydrogen-bond donors (Lipinski definition) is 0. The molecule has 0 N–H and O–H groups in total. The van der Waals surface area contributed by atoms with Crippen LogP contribution in [0.5, 0.6) is 0 Å². The molecule has 1 heterocycles. The summed E-state index contributed by atoms with van der Waals surface area (Å²) >= 11 is 5.83. The molecule has 0 saturated carbocycles. The maximum absolute atomic E-state index is 11.6. The van der Waals surface area contributed by atoms with Crippen molar-refractivity contribution in [3.63, 3.8) is 0 Å². The van der Waals surface area contributed by atoms with Crippen LogP contribution in [0.15, 0.2) is 48.8 Å². The van der Waals surface area contributed by atoms with Crippen LogP contribution in [0.4, 0.5) is 0 Å². The van der Waals surface area contributed by atoms with Crippen LogP contribution >= 0.6 is 11.6 Å². The molecule has 0 fully saturated rings. The molecule has 0 amide bonds. The van der Waals surface area contributed by atoms with Crippen molar-refractivity contribution in [3.8, 4) is 0 Å². The van der Waals surface area contributed by atoms with Crippen molar-refractivity contribution in [3.05, 3.63) is 64.9 Å². The fourth-order valence-electron chi connectivity index (χ4n) is 1.34. The van der Waals surface area contributed by atoms with E-state index < -0.39 is 5.97 Å². The maximum Gasteiger partial charge on any atom is 0.340 e. The number of halogens is 1. The Morgan fingerprint density at radius 3 is 2.88 bits per heavy atom. The highest BCUT2D eigenvalue weighted by Crippen LogP contribution is 2.12. The quantitative estimate of drug-likeness (QED) is 0.783. The van der Waals surface area contributed by atoms with Crippen molar-refractivity contribution in [2.45, 2.75) is 6.61 Å². The number of rotatable bonds is 3. The van der Waals surface area contributed by atoms with Crippen molar-refractivity contribution >= 4 is 17.6 Å². The minimum atomic E-state index is -0.391. The molecule has 2 aromatic rings. The molecule has 0 bridgehead atoms.